The highest BCUT2D eigenvalue weighted by molar-refractivity contribution is 6.20. The third kappa shape index (κ3) is 3.43. The lowest BCUT2D eigenvalue weighted by Gasteiger charge is -2.23. The highest BCUT2D eigenvalue weighted by Gasteiger charge is 2.09. The standard InChI is InChI=1S/C8H18ClN/c1-4-7-8(9)10(5-2)6-3/h8H,4-7H2,1-3H3. The summed E-state index contributed by atoms with van der Waals surface area (Å²) in [6.45, 7) is 8.58. The van der Waals surface area contributed by atoms with Crippen molar-refractivity contribution in [3.8, 4) is 0 Å². The van der Waals surface area contributed by atoms with Crippen LogP contribution in [0.25, 0.3) is 0 Å². The topological polar surface area (TPSA) is 3.24 Å². The van der Waals surface area contributed by atoms with E-state index in [-0.39, 0.29) is 5.50 Å². The Balaban J connectivity index is 3.53. The minimum Gasteiger partial charge on any atom is -0.288 e. The minimum atomic E-state index is 0.250. The van der Waals surface area contributed by atoms with Crippen LogP contribution in [0.15, 0.2) is 0 Å². The Bertz CT molecular complexity index is 71.7. The molecule has 0 amide bonds. The van der Waals surface area contributed by atoms with Crippen LogP contribution in [0.3, 0.4) is 0 Å². The van der Waals surface area contributed by atoms with Crippen molar-refractivity contribution in [3.63, 3.8) is 0 Å². The Morgan fingerprint density at radius 1 is 1.20 bits per heavy atom. The van der Waals surface area contributed by atoms with Gasteiger partial charge in [-0.2, -0.15) is 0 Å². The molecule has 0 aliphatic rings. The molecule has 2 heteroatoms. The van der Waals surface area contributed by atoms with Crippen molar-refractivity contribution in [1.82, 2.24) is 4.90 Å². The summed E-state index contributed by atoms with van der Waals surface area (Å²) in [5.41, 5.74) is 0.250. The molecular formula is C8H18ClN. The van der Waals surface area contributed by atoms with Crippen LogP contribution in [0.4, 0.5) is 0 Å². The number of hydrogen-bond donors (Lipinski definition) is 0. The van der Waals surface area contributed by atoms with E-state index in [1.165, 1.54) is 6.42 Å². The van der Waals surface area contributed by atoms with Crippen molar-refractivity contribution in [1.29, 1.82) is 0 Å². The lowest BCUT2D eigenvalue weighted by Crippen LogP contribution is -2.30. The Kier molecular flexibility index (Phi) is 6.14. The minimum absolute atomic E-state index is 0.250. The second-order valence-electron chi connectivity index (χ2n) is 2.44. The molecule has 62 valence electrons. The van der Waals surface area contributed by atoms with E-state index in [4.69, 9.17) is 11.6 Å². The quantitative estimate of drug-likeness (QED) is 0.445. The van der Waals surface area contributed by atoms with E-state index in [0.29, 0.717) is 0 Å². The van der Waals surface area contributed by atoms with Crippen LogP contribution in [0.1, 0.15) is 33.6 Å². The molecule has 0 saturated heterocycles. The first-order chi connectivity index (χ1) is 4.76. The van der Waals surface area contributed by atoms with E-state index in [1.807, 2.05) is 0 Å². The molecule has 0 fully saturated rings. The first kappa shape index (κ1) is 10.2. The van der Waals surface area contributed by atoms with Crippen molar-refractivity contribution < 1.29 is 0 Å². The van der Waals surface area contributed by atoms with E-state index in [1.54, 1.807) is 0 Å². The van der Waals surface area contributed by atoms with Crippen LogP contribution in [0.5, 0.6) is 0 Å². The number of halogens is 1. The van der Waals surface area contributed by atoms with Gasteiger partial charge in [0, 0.05) is 0 Å². The third-order valence-electron chi connectivity index (χ3n) is 1.74. The van der Waals surface area contributed by atoms with Crippen molar-refractivity contribution in [2.45, 2.75) is 39.1 Å². The number of nitrogens with zero attached hydrogens (tertiary/aromatic N) is 1. The SMILES string of the molecule is CCCC(Cl)N(CC)CC. The third-order valence-corrected chi connectivity index (χ3v) is 2.23. The average molecular weight is 164 g/mol. The van der Waals surface area contributed by atoms with Gasteiger partial charge >= 0.3 is 0 Å². The van der Waals surface area contributed by atoms with Gasteiger partial charge in [0.1, 0.15) is 0 Å². The summed E-state index contributed by atoms with van der Waals surface area (Å²) >= 11 is 6.07. The molecule has 0 bridgehead atoms. The van der Waals surface area contributed by atoms with Gasteiger partial charge in [0.15, 0.2) is 0 Å². The van der Waals surface area contributed by atoms with Gasteiger partial charge in [0.05, 0.1) is 5.50 Å². The molecular weight excluding hydrogens is 146 g/mol. The molecule has 0 rings (SSSR count). The fourth-order valence-corrected chi connectivity index (χ4v) is 1.53. The molecule has 0 aliphatic carbocycles. The molecule has 0 aromatic carbocycles. The summed E-state index contributed by atoms with van der Waals surface area (Å²) in [7, 11) is 0. The van der Waals surface area contributed by atoms with Gasteiger partial charge in [0.2, 0.25) is 0 Å². The zero-order valence-electron chi connectivity index (χ0n) is 7.23. The van der Waals surface area contributed by atoms with Crippen molar-refractivity contribution in [2.24, 2.45) is 0 Å². The maximum atomic E-state index is 6.07. The molecule has 0 spiro atoms. The van der Waals surface area contributed by atoms with Gasteiger partial charge in [-0.25, -0.2) is 0 Å². The molecule has 1 nitrogen and oxygen atoms in total. The fraction of sp³-hybridized carbons (Fsp3) is 1.00. The van der Waals surface area contributed by atoms with E-state index >= 15 is 0 Å². The predicted octanol–water partition coefficient (Wildman–Crippen LogP) is 2.69. The van der Waals surface area contributed by atoms with Crippen LogP contribution in [0, 0.1) is 0 Å². The Morgan fingerprint density at radius 3 is 2.00 bits per heavy atom. The molecule has 0 N–H and O–H groups in total. The zero-order chi connectivity index (χ0) is 7.98. The Morgan fingerprint density at radius 2 is 1.70 bits per heavy atom. The van der Waals surface area contributed by atoms with E-state index in [9.17, 15) is 0 Å². The van der Waals surface area contributed by atoms with Crippen molar-refractivity contribution in [2.75, 3.05) is 13.1 Å². The molecule has 0 aromatic heterocycles. The molecule has 0 heterocycles. The average Bonchev–Trinajstić information content (AvgIpc) is 1.91. The van der Waals surface area contributed by atoms with Crippen molar-refractivity contribution >= 4 is 11.6 Å². The normalized spacial score (nSPS) is 14.1. The summed E-state index contributed by atoms with van der Waals surface area (Å²) in [6.07, 6.45) is 2.27. The molecule has 0 saturated carbocycles. The van der Waals surface area contributed by atoms with Crippen LogP contribution >= 0.6 is 11.6 Å². The molecule has 1 atom stereocenters. The molecule has 10 heavy (non-hydrogen) atoms. The lowest BCUT2D eigenvalue weighted by molar-refractivity contribution is 0.268. The van der Waals surface area contributed by atoms with Crippen LogP contribution in [-0.4, -0.2) is 23.5 Å². The maximum Gasteiger partial charge on any atom is 0.0850 e. The summed E-state index contributed by atoms with van der Waals surface area (Å²) < 4.78 is 0. The second-order valence-corrected chi connectivity index (χ2v) is 2.95. The predicted molar refractivity (Wildman–Crippen MR) is 47.5 cm³/mol. The molecule has 0 aromatic rings. The van der Waals surface area contributed by atoms with Gasteiger partial charge < -0.3 is 0 Å². The number of rotatable bonds is 5. The van der Waals surface area contributed by atoms with Crippen LogP contribution in [0.2, 0.25) is 0 Å². The first-order valence-corrected chi connectivity index (χ1v) is 4.57. The summed E-state index contributed by atoms with van der Waals surface area (Å²) in [4.78, 5) is 2.27. The van der Waals surface area contributed by atoms with E-state index in [2.05, 4.69) is 25.7 Å². The smallest absolute Gasteiger partial charge is 0.0850 e. The van der Waals surface area contributed by atoms with Gasteiger partial charge in [-0.3, -0.25) is 4.90 Å². The highest BCUT2D eigenvalue weighted by Crippen LogP contribution is 2.09. The van der Waals surface area contributed by atoms with Gasteiger partial charge in [-0.05, 0) is 19.5 Å². The van der Waals surface area contributed by atoms with Crippen LogP contribution < -0.4 is 0 Å². The number of hydrogen-bond acceptors (Lipinski definition) is 1. The molecule has 1 unspecified atom stereocenters. The molecule has 0 radical (unpaired) electrons. The molecule has 0 aliphatic heterocycles. The number of alkyl halides is 1. The van der Waals surface area contributed by atoms with Gasteiger partial charge in [0.25, 0.3) is 0 Å². The Labute approximate surface area is 69.4 Å². The van der Waals surface area contributed by atoms with Gasteiger partial charge in [-0.15, -0.1) is 11.6 Å². The van der Waals surface area contributed by atoms with Crippen LogP contribution in [-0.2, 0) is 0 Å². The highest BCUT2D eigenvalue weighted by atomic mass is 35.5. The monoisotopic (exact) mass is 163 g/mol. The first-order valence-electron chi connectivity index (χ1n) is 4.14. The van der Waals surface area contributed by atoms with E-state index < -0.39 is 0 Å². The maximum absolute atomic E-state index is 6.07. The Hall–Kier alpha value is 0.250. The van der Waals surface area contributed by atoms with E-state index in [0.717, 1.165) is 19.5 Å². The fourth-order valence-electron chi connectivity index (χ4n) is 1.04. The largest absolute Gasteiger partial charge is 0.288 e. The second kappa shape index (κ2) is 5.99. The summed E-state index contributed by atoms with van der Waals surface area (Å²) in [6, 6.07) is 0. The zero-order valence-corrected chi connectivity index (χ0v) is 7.99. The van der Waals surface area contributed by atoms with Gasteiger partial charge in [-0.1, -0.05) is 27.2 Å². The summed E-state index contributed by atoms with van der Waals surface area (Å²) in [5, 5.41) is 0. The summed E-state index contributed by atoms with van der Waals surface area (Å²) in [5.74, 6) is 0. The van der Waals surface area contributed by atoms with Crippen molar-refractivity contribution in [3.05, 3.63) is 0 Å². The lowest BCUT2D eigenvalue weighted by atomic mass is 10.3.